The highest BCUT2D eigenvalue weighted by Crippen LogP contribution is 2.35. The molecule has 0 radical (unpaired) electrons. The van der Waals surface area contributed by atoms with Crippen molar-refractivity contribution < 1.29 is 18.8 Å². The number of hydrazone groups is 1. The monoisotopic (exact) mass is 427 g/mol. The Labute approximate surface area is 182 Å². The van der Waals surface area contributed by atoms with Gasteiger partial charge in [-0.2, -0.15) is 5.10 Å². The highest BCUT2D eigenvalue weighted by Gasteiger charge is 2.40. The van der Waals surface area contributed by atoms with Crippen LogP contribution in [0.4, 0.5) is 4.39 Å². The smallest absolute Gasteiger partial charge is 0.243 e. The van der Waals surface area contributed by atoms with E-state index in [1.54, 1.807) is 12.1 Å². The van der Waals surface area contributed by atoms with E-state index < -0.39 is 11.7 Å². The number of halogens is 1. The number of nitrogens with zero attached hydrogens (tertiary/aromatic N) is 2. The van der Waals surface area contributed by atoms with Crippen molar-refractivity contribution in [3.05, 3.63) is 35.1 Å². The first-order valence-corrected chi connectivity index (χ1v) is 11.3. The quantitative estimate of drug-likeness (QED) is 0.731. The Bertz CT molecular complexity index is 940. The van der Waals surface area contributed by atoms with Crippen LogP contribution >= 0.6 is 0 Å². The van der Waals surface area contributed by atoms with Gasteiger partial charge in [-0.1, -0.05) is 19.9 Å². The lowest BCUT2D eigenvalue weighted by atomic mass is 9.81. The number of carbonyl (C=O) groups excluding carboxylic acids is 3. The third-order valence-corrected chi connectivity index (χ3v) is 7.33. The highest BCUT2D eigenvalue weighted by molar-refractivity contribution is 6.01. The van der Waals surface area contributed by atoms with Gasteiger partial charge in [0.25, 0.3) is 0 Å². The maximum absolute atomic E-state index is 14.6. The molecule has 0 aromatic heterocycles. The van der Waals surface area contributed by atoms with Crippen LogP contribution < -0.4 is 5.43 Å². The van der Waals surface area contributed by atoms with Gasteiger partial charge in [-0.3, -0.25) is 14.4 Å². The molecule has 0 spiro atoms. The van der Waals surface area contributed by atoms with Gasteiger partial charge >= 0.3 is 0 Å². The number of nitrogens with one attached hydrogen (secondary N) is 1. The number of likely N-dealkylation sites (tertiary alicyclic amines) is 1. The van der Waals surface area contributed by atoms with Gasteiger partial charge in [0.2, 0.25) is 11.8 Å². The number of amides is 2. The van der Waals surface area contributed by atoms with Crippen molar-refractivity contribution in [3.63, 3.8) is 0 Å². The van der Waals surface area contributed by atoms with Crippen molar-refractivity contribution in [3.8, 4) is 0 Å². The molecule has 2 aliphatic heterocycles. The minimum atomic E-state index is -0.560. The third-order valence-electron chi connectivity index (χ3n) is 7.33. The minimum absolute atomic E-state index is 0.00529. The van der Waals surface area contributed by atoms with E-state index in [-0.39, 0.29) is 47.5 Å². The molecule has 2 heterocycles. The molecule has 2 amide bonds. The van der Waals surface area contributed by atoms with Gasteiger partial charge in [0, 0.05) is 48.4 Å². The lowest BCUT2D eigenvalue weighted by Gasteiger charge is -2.45. The summed E-state index contributed by atoms with van der Waals surface area (Å²) in [4.78, 5) is 39.6. The van der Waals surface area contributed by atoms with Crippen LogP contribution in [0.5, 0.6) is 0 Å². The van der Waals surface area contributed by atoms with Gasteiger partial charge in [-0.05, 0) is 50.3 Å². The molecule has 6 nitrogen and oxygen atoms in total. The number of benzene rings is 1. The molecule has 1 aromatic carbocycles. The van der Waals surface area contributed by atoms with Crippen LogP contribution in [0.1, 0.15) is 68.8 Å². The number of carbonyl (C=O) groups is 3. The second-order valence-electron chi connectivity index (χ2n) is 9.38. The van der Waals surface area contributed by atoms with E-state index in [0.29, 0.717) is 18.9 Å². The van der Waals surface area contributed by atoms with Crippen LogP contribution in [0.2, 0.25) is 0 Å². The SMILES string of the molecule is CC1C(=O)NN=C(Cc2ccc(F)c(C(=O)C3CC(=O)N(C4CCC4)C(C)C3)c2)C1C. The zero-order valence-corrected chi connectivity index (χ0v) is 18.4. The molecule has 166 valence electrons. The van der Waals surface area contributed by atoms with E-state index in [2.05, 4.69) is 10.5 Å². The second-order valence-corrected chi connectivity index (χ2v) is 9.38. The predicted molar refractivity (Wildman–Crippen MR) is 115 cm³/mol. The van der Waals surface area contributed by atoms with Crippen LogP contribution in [-0.2, 0) is 16.0 Å². The fraction of sp³-hybridized carbons (Fsp3) is 0.583. The summed E-state index contributed by atoms with van der Waals surface area (Å²) in [6.45, 7) is 5.78. The van der Waals surface area contributed by atoms with Gasteiger partial charge in [0.15, 0.2) is 5.78 Å². The molecule has 1 N–H and O–H groups in total. The molecule has 3 aliphatic rings. The van der Waals surface area contributed by atoms with Crippen molar-refractivity contribution in [2.45, 2.75) is 71.4 Å². The largest absolute Gasteiger partial charge is 0.337 e. The summed E-state index contributed by atoms with van der Waals surface area (Å²) in [5.41, 5.74) is 4.14. The first kappa shape index (κ1) is 21.7. The van der Waals surface area contributed by atoms with Crippen molar-refractivity contribution in [2.75, 3.05) is 0 Å². The van der Waals surface area contributed by atoms with E-state index in [1.165, 1.54) is 6.07 Å². The van der Waals surface area contributed by atoms with Crippen molar-refractivity contribution in [1.82, 2.24) is 10.3 Å². The first-order valence-electron chi connectivity index (χ1n) is 11.3. The van der Waals surface area contributed by atoms with Crippen LogP contribution in [0.25, 0.3) is 0 Å². The molecular weight excluding hydrogens is 397 g/mol. The number of Topliss-reactive ketones (excluding diaryl/α,β-unsaturated/α-hetero) is 1. The van der Waals surface area contributed by atoms with Gasteiger partial charge < -0.3 is 4.90 Å². The molecule has 4 atom stereocenters. The third kappa shape index (κ3) is 4.14. The van der Waals surface area contributed by atoms with Gasteiger partial charge in [-0.25, -0.2) is 9.82 Å². The van der Waals surface area contributed by atoms with Gasteiger partial charge in [0.1, 0.15) is 5.82 Å². The minimum Gasteiger partial charge on any atom is -0.337 e. The summed E-state index contributed by atoms with van der Waals surface area (Å²) in [5.74, 6) is -1.68. The molecule has 31 heavy (non-hydrogen) atoms. The molecule has 7 heteroatoms. The summed E-state index contributed by atoms with van der Waals surface area (Å²) in [6, 6.07) is 4.85. The summed E-state index contributed by atoms with van der Waals surface area (Å²) < 4.78 is 14.6. The van der Waals surface area contributed by atoms with E-state index in [1.807, 2.05) is 25.7 Å². The lowest BCUT2D eigenvalue weighted by Crippen LogP contribution is -2.53. The average Bonchev–Trinajstić information content (AvgIpc) is 2.70. The Morgan fingerprint density at radius 3 is 2.58 bits per heavy atom. The molecule has 2 fully saturated rings. The summed E-state index contributed by atoms with van der Waals surface area (Å²) in [6.07, 6.45) is 4.36. The predicted octanol–water partition coefficient (Wildman–Crippen LogP) is 3.49. The fourth-order valence-electron chi connectivity index (χ4n) is 4.95. The summed E-state index contributed by atoms with van der Waals surface area (Å²) in [7, 11) is 0. The lowest BCUT2D eigenvalue weighted by molar-refractivity contribution is -0.142. The molecule has 4 unspecified atom stereocenters. The van der Waals surface area contributed by atoms with E-state index >= 15 is 0 Å². The van der Waals surface area contributed by atoms with Gasteiger partial charge in [0.05, 0.1) is 5.56 Å². The Hall–Kier alpha value is -2.57. The fourth-order valence-corrected chi connectivity index (χ4v) is 4.95. The maximum atomic E-state index is 14.6. The van der Waals surface area contributed by atoms with Crippen molar-refractivity contribution >= 4 is 23.3 Å². The number of hydrogen-bond acceptors (Lipinski definition) is 4. The summed E-state index contributed by atoms with van der Waals surface area (Å²) in [5, 5.41) is 4.17. The zero-order chi connectivity index (χ0) is 22.3. The van der Waals surface area contributed by atoms with Crippen molar-refractivity contribution in [2.24, 2.45) is 22.9 Å². The van der Waals surface area contributed by atoms with E-state index in [4.69, 9.17) is 0 Å². The molecule has 1 aromatic rings. The van der Waals surface area contributed by atoms with E-state index in [0.717, 1.165) is 30.5 Å². The number of rotatable bonds is 5. The van der Waals surface area contributed by atoms with Gasteiger partial charge in [-0.15, -0.1) is 0 Å². The Balaban J connectivity index is 1.50. The Morgan fingerprint density at radius 1 is 1.19 bits per heavy atom. The standard InChI is InChI=1S/C24H30FN3O3/c1-13-9-17(12-22(29)28(13)18-5-4-6-18)23(30)19-10-16(7-8-20(19)25)11-21-14(2)15(3)24(31)27-26-21/h7-8,10,13-15,17-18H,4-6,9,11-12H2,1-3H3,(H,27,31). The highest BCUT2D eigenvalue weighted by atomic mass is 19.1. The average molecular weight is 428 g/mol. The molecule has 1 aliphatic carbocycles. The second kappa shape index (κ2) is 8.52. The van der Waals surface area contributed by atoms with Crippen LogP contribution in [-0.4, -0.2) is 40.3 Å². The number of ketones is 1. The first-order chi connectivity index (χ1) is 14.8. The zero-order valence-electron chi connectivity index (χ0n) is 18.4. The Kier molecular flexibility index (Phi) is 5.95. The molecular formula is C24H30FN3O3. The van der Waals surface area contributed by atoms with Crippen LogP contribution in [0, 0.1) is 23.6 Å². The summed E-state index contributed by atoms with van der Waals surface area (Å²) >= 11 is 0. The molecule has 1 saturated heterocycles. The number of hydrogen-bond donors (Lipinski definition) is 1. The van der Waals surface area contributed by atoms with Crippen LogP contribution in [0.3, 0.4) is 0 Å². The normalized spacial score (nSPS) is 29.3. The van der Waals surface area contributed by atoms with Crippen molar-refractivity contribution in [1.29, 1.82) is 0 Å². The topological polar surface area (TPSA) is 78.8 Å². The van der Waals surface area contributed by atoms with Crippen LogP contribution in [0.15, 0.2) is 23.3 Å². The molecule has 0 bridgehead atoms. The van der Waals surface area contributed by atoms with E-state index in [9.17, 15) is 18.8 Å². The number of piperidine rings is 1. The molecule has 1 saturated carbocycles. The maximum Gasteiger partial charge on any atom is 0.243 e. The molecule has 4 rings (SSSR count). The Morgan fingerprint density at radius 2 is 1.94 bits per heavy atom.